The molecule has 4 heteroatoms. The fourth-order valence-electron chi connectivity index (χ4n) is 1.61. The van der Waals surface area contributed by atoms with Crippen LogP contribution in [0.25, 0.3) is 0 Å². The summed E-state index contributed by atoms with van der Waals surface area (Å²) in [4.78, 5) is 4.41. The second-order valence-electron chi connectivity index (χ2n) is 4.20. The summed E-state index contributed by atoms with van der Waals surface area (Å²) < 4.78 is 0. The van der Waals surface area contributed by atoms with Gasteiger partial charge in [-0.2, -0.15) is 0 Å². The van der Waals surface area contributed by atoms with E-state index < -0.39 is 0 Å². The van der Waals surface area contributed by atoms with Gasteiger partial charge in [-0.05, 0) is 31.6 Å². The molecule has 1 atom stereocenters. The van der Waals surface area contributed by atoms with Crippen LogP contribution in [0.3, 0.4) is 0 Å². The topological polar surface area (TPSA) is 56.6 Å². The number of aliphatic imine (C=N–C) groups is 1. The van der Waals surface area contributed by atoms with Crippen LogP contribution in [0.5, 0.6) is 0 Å². The van der Waals surface area contributed by atoms with Gasteiger partial charge in [-0.3, -0.25) is 4.99 Å². The highest BCUT2D eigenvalue weighted by Gasteiger charge is 2.04. The van der Waals surface area contributed by atoms with Gasteiger partial charge in [0, 0.05) is 26.2 Å². The van der Waals surface area contributed by atoms with E-state index in [9.17, 15) is 0 Å². The highest BCUT2D eigenvalue weighted by Crippen LogP contribution is 2.04. The minimum absolute atomic E-state index is 0.292. The van der Waals surface area contributed by atoms with Crippen LogP contribution in [-0.4, -0.2) is 37.3 Å². The molecular formula is C11H23N3O. The third-order valence-electron chi connectivity index (χ3n) is 2.70. The van der Waals surface area contributed by atoms with Crippen LogP contribution < -0.4 is 10.6 Å². The molecule has 4 nitrogen and oxygen atoms in total. The summed E-state index contributed by atoms with van der Waals surface area (Å²) in [6.07, 6.45) is 4.36. The summed E-state index contributed by atoms with van der Waals surface area (Å²) in [6.45, 7) is 5.35. The molecule has 0 aromatic rings. The van der Waals surface area contributed by atoms with E-state index in [-0.39, 0.29) is 0 Å². The molecule has 1 unspecified atom stereocenters. The van der Waals surface area contributed by atoms with Crippen LogP contribution >= 0.6 is 0 Å². The number of aliphatic hydroxyl groups is 1. The first kappa shape index (κ1) is 12.3. The first-order chi connectivity index (χ1) is 7.33. The van der Waals surface area contributed by atoms with Gasteiger partial charge in [0.1, 0.15) is 0 Å². The molecule has 0 bridgehead atoms. The van der Waals surface area contributed by atoms with Gasteiger partial charge in [0.15, 0.2) is 5.96 Å². The number of guanidine groups is 1. The summed E-state index contributed by atoms with van der Waals surface area (Å²) in [5.74, 6) is 1.53. The summed E-state index contributed by atoms with van der Waals surface area (Å²) in [6, 6.07) is 0. The van der Waals surface area contributed by atoms with Crippen LogP contribution in [0.2, 0.25) is 0 Å². The summed E-state index contributed by atoms with van der Waals surface area (Å²) in [5, 5.41) is 15.4. The van der Waals surface area contributed by atoms with Crippen molar-refractivity contribution in [2.45, 2.75) is 32.6 Å². The molecule has 0 aromatic carbocycles. The Hall–Kier alpha value is -0.770. The van der Waals surface area contributed by atoms with Gasteiger partial charge in [-0.25, -0.2) is 0 Å². The molecule has 0 amide bonds. The molecule has 0 saturated carbocycles. The van der Waals surface area contributed by atoms with Crippen molar-refractivity contribution in [2.75, 3.05) is 26.2 Å². The molecule has 1 rings (SSSR count). The maximum Gasteiger partial charge on any atom is 0.191 e. The second-order valence-corrected chi connectivity index (χ2v) is 4.20. The van der Waals surface area contributed by atoms with Crippen molar-refractivity contribution in [3.05, 3.63) is 0 Å². The van der Waals surface area contributed by atoms with Gasteiger partial charge in [0.05, 0.1) is 0 Å². The Morgan fingerprint density at radius 1 is 1.47 bits per heavy atom. The third kappa shape index (κ3) is 5.62. The normalized spacial score (nSPS) is 18.7. The lowest BCUT2D eigenvalue weighted by Gasteiger charge is -2.13. The maximum atomic E-state index is 8.77. The summed E-state index contributed by atoms with van der Waals surface area (Å²) in [5.41, 5.74) is 0. The lowest BCUT2D eigenvalue weighted by Crippen LogP contribution is -2.37. The monoisotopic (exact) mass is 213 g/mol. The first-order valence-electron chi connectivity index (χ1n) is 5.96. The number of hydrogen-bond acceptors (Lipinski definition) is 4. The summed E-state index contributed by atoms with van der Waals surface area (Å²) in [7, 11) is 0. The molecule has 0 radical (unpaired) electrons. The van der Waals surface area contributed by atoms with Gasteiger partial charge in [-0.1, -0.05) is 6.92 Å². The molecule has 0 saturated heterocycles. The minimum atomic E-state index is 0.292. The fraction of sp³-hybridized carbons (Fsp3) is 0.909. The largest absolute Gasteiger partial charge is 0.396 e. The number of aliphatic hydroxyl groups excluding tert-OH is 1. The van der Waals surface area contributed by atoms with Gasteiger partial charge in [0.2, 0.25) is 0 Å². The van der Waals surface area contributed by atoms with Crippen LogP contribution in [0.1, 0.15) is 32.6 Å². The second kappa shape index (κ2) is 7.51. The highest BCUT2D eigenvalue weighted by molar-refractivity contribution is 5.79. The number of hydrogen-bond donors (Lipinski definition) is 3. The maximum absolute atomic E-state index is 8.77. The van der Waals surface area contributed by atoms with Crippen molar-refractivity contribution >= 4 is 5.96 Å². The minimum Gasteiger partial charge on any atom is -0.396 e. The molecule has 0 spiro atoms. The Morgan fingerprint density at radius 2 is 2.33 bits per heavy atom. The van der Waals surface area contributed by atoms with E-state index in [1.54, 1.807) is 0 Å². The Labute approximate surface area is 92.2 Å². The van der Waals surface area contributed by atoms with Crippen molar-refractivity contribution in [2.24, 2.45) is 10.9 Å². The Bertz CT molecular complexity index is 194. The van der Waals surface area contributed by atoms with E-state index in [2.05, 4.69) is 22.5 Å². The van der Waals surface area contributed by atoms with Gasteiger partial charge in [0.25, 0.3) is 0 Å². The molecule has 88 valence electrons. The standard InChI is InChI=1S/C11H23N3O/c1-10(5-9-15)4-8-14-11-12-6-2-3-7-13-11/h10,15H,2-9H2,1H3,(H2,12,13,14). The SMILES string of the molecule is CC(CCO)CCNC1=NCCCCN1. The van der Waals surface area contributed by atoms with Crippen molar-refractivity contribution in [3.8, 4) is 0 Å². The molecule has 0 fully saturated rings. The number of rotatable bonds is 5. The molecule has 0 aliphatic carbocycles. The average molecular weight is 213 g/mol. The van der Waals surface area contributed by atoms with E-state index in [1.807, 2.05) is 0 Å². The van der Waals surface area contributed by atoms with Crippen LogP contribution in [0.4, 0.5) is 0 Å². The zero-order valence-electron chi connectivity index (χ0n) is 9.63. The Kier molecular flexibility index (Phi) is 6.16. The van der Waals surface area contributed by atoms with Crippen LogP contribution in [0, 0.1) is 5.92 Å². The smallest absolute Gasteiger partial charge is 0.191 e. The number of nitrogens with one attached hydrogen (secondary N) is 2. The third-order valence-corrected chi connectivity index (χ3v) is 2.70. The molecule has 1 heterocycles. The Morgan fingerprint density at radius 3 is 3.13 bits per heavy atom. The van der Waals surface area contributed by atoms with E-state index in [4.69, 9.17) is 5.11 Å². The Balaban J connectivity index is 2.10. The molecule has 3 N–H and O–H groups in total. The van der Waals surface area contributed by atoms with Crippen molar-refractivity contribution < 1.29 is 5.11 Å². The summed E-state index contributed by atoms with van der Waals surface area (Å²) >= 11 is 0. The van der Waals surface area contributed by atoms with Gasteiger partial charge >= 0.3 is 0 Å². The fourth-order valence-corrected chi connectivity index (χ4v) is 1.61. The average Bonchev–Trinajstić information content (AvgIpc) is 2.47. The van der Waals surface area contributed by atoms with Crippen LogP contribution in [-0.2, 0) is 0 Å². The quantitative estimate of drug-likeness (QED) is 0.631. The molecule has 1 aliphatic heterocycles. The van der Waals surface area contributed by atoms with Gasteiger partial charge in [-0.15, -0.1) is 0 Å². The van der Waals surface area contributed by atoms with E-state index in [0.29, 0.717) is 12.5 Å². The van der Waals surface area contributed by atoms with Crippen molar-refractivity contribution in [1.82, 2.24) is 10.6 Å². The van der Waals surface area contributed by atoms with E-state index >= 15 is 0 Å². The predicted octanol–water partition coefficient (Wildman–Crippen LogP) is 0.724. The zero-order chi connectivity index (χ0) is 10.9. The molecule has 1 aliphatic rings. The first-order valence-corrected chi connectivity index (χ1v) is 5.96. The van der Waals surface area contributed by atoms with Crippen LogP contribution in [0.15, 0.2) is 4.99 Å². The zero-order valence-corrected chi connectivity index (χ0v) is 9.63. The van der Waals surface area contributed by atoms with Crippen molar-refractivity contribution in [1.29, 1.82) is 0 Å². The van der Waals surface area contributed by atoms with Crippen molar-refractivity contribution in [3.63, 3.8) is 0 Å². The van der Waals surface area contributed by atoms with Gasteiger partial charge < -0.3 is 15.7 Å². The molecule has 0 aromatic heterocycles. The highest BCUT2D eigenvalue weighted by atomic mass is 16.3. The number of nitrogens with zero attached hydrogens (tertiary/aromatic N) is 1. The lowest BCUT2D eigenvalue weighted by atomic mass is 10.1. The molecular weight excluding hydrogens is 190 g/mol. The van der Waals surface area contributed by atoms with E-state index in [0.717, 1.165) is 38.4 Å². The predicted molar refractivity (Wildman–Crippen MR) is 63.0 cm³/mol. The molecule has 15 heavy (non-hydrogen) atoms. The lowest BCUT2D eigenvalue weighted by molar-refractivity contribution is 0.259. The van der Waals surface area contributed by atoms with E-state index in [1.165, 1.54) is 12.8 Å².